The van der Waals surface area contributed by atoms with Crippen LogP contribution < -0.4 is 10.6 Å². The smallest absolute Gasteiger partial charge is 0.306 e. The van der Waals surface area contributed by atoms with Crippen LogP contribution in [0.3, 0.4) is 0 Å². The molecule has 7 heteroatoms. The van der Waals surface area contributed by atoms with Crippen LogP contribution in [0.5, 0.6) is 0 Å². The summed E-state index contributed by atoms with van der Waals surface area (Å²) in [6.07, 6.45) is 0.0555. The predicted molar refractivity (Wildman–Crippen MR) is 85.1 cm³/mol. The number of hydrogen-bond donors (Lipinski definition) is 2. The van der Waals surface area contributed by atoms with Gasteiger partial charge in [-0.2, -0.15) is 0 Å². The van der Waals surface area contributed by atoms with Crippen molar-refractivity contribution in [2.45, 2.75) is 19.8 Å². The zero-order valence-electron chi connectivity index (χ0n) is 13.4. The number of methoxy groups -OCH3 is 1. The van der Waals surface area contributed by atoms with Crippen molar-refractivity contribution in [2.75, 3.05) is 32.2 Å². The van der Waals surface area contributed by atoms with E-state index in [1.165, 1.54) is 0 Å². The van der Waals surface area contributed by atoms with E-state index in [-0.39, 0.29) is 24.7 Å². The molecule has 0 bridgehead atoms. The fourth-order valence-electron chi connectivity index (χ4n) is 1.78. The van der Waals surface area contributed by atoms with Crippen LogP contribution in [0.25, 0.3) is 0 Å². The highest BCUT2D eigenvalue weighted by Crippen LogP contribution is 2.11. The first-order valence-electron chi connectivity index (χ1n) is 7.39. The fraction of sp³-hybridized carbons (Fsp3) is 0.438. The molecule has 1 rings (SSSR count). The van der Waals surface area contributed by atoms with E-state index < -0.39 is 5.97 Å². The molecule has 0 unspecified atom stereocenters. The molecule has 0 aliphatic carbocycles. The van der Waals surface area contributed by atoms with Gasteiger partial charge in [-0.1, -0.05) is 6.07 Å². The molecule has 0 spiro atoms. The number of anilines is 1. The van der Waals surface area contributed by atoms with Crippen LogP contribution in [0, 0.1) is 0 Å². The first-order chi connectivity index (χ1) is 11.1. The molecule has 2 N–H and O–H groups in total. The highest BCUT2D eigenvalue weighted by molar-refractivity contribution is 5.97. The second kappa shape index (κ2) is 10.3. The average molecular weight is 322 g/mol. The van der Waals surface area contributed by atoms with Gasteiger partial charge in [0.25, 0.3) is 5.91 Å². The van der Waals surface area contributed by atoms with Crippen molar-refractivity contribution in [1.82, 2.24) is 5.32 Å². The molecular formula is C16H22N2O5. The second-order valence-electron chi connectivity index (χ2n) is 4.68. The van der Waals surface area contributed by atoms with Crippen molar-refractivity contribution in [1.29, 1.82) is 0 Å². The molecule has 0 radical (unpaired) electrons. The quantitative estimate of drug-likeness (QED) is 0.529. The molecule has 7 nitrogen and oxygen atoms in total. The number of carbonyl (C=O) groups excluding carboxylic acids is 3. The van der Waals surface area contributed by atoms with Crippen LogP contribution in [0.4, 0.5) is 5.69 Å². The zero-order chi connectivity index (χ0) is 17.1. The van der Waals surface area contributed by atoms with Gasteiger partial charge in [0.05, 0.1) is 19.6 Å². The number of esters is 1. The van der Waals surface area contributed by atoms with Crippen molar-refractivity contribution in [2.24, 2.45) is 0 Å². The third-order valence-electron chi connectivity index (χ3n) is 2.86. The van der Waals surface area contributed by atoms with Crippen LogP contribution in [-0.4, -0.2) is 44.7 Å². The summed E-state index contributed by atoms with van der Waals surface area (Å²) in [5.41, 5.74) is 0.933. The number of benzene rings is 1. The molecule has 0 aliphatic heterocycles. The lowest BCUT2D eigenvalue weighted by molar-refractivity contribution is -0.144. The van der Waals surface area contributed by atoms with Crippen molar-refractivity contribution in [3.63, 3.8) is 0 Å². The van der Waals surface area contributed by atoms with Crippen molar-refractivity contribution in [3.05, 3.63) is 29.8 Å². The van der Waals surface area contributed by atoms with Gasteiger partial charge in [-0.15, -0.1) is 0 Å². The van der Waals surface area contributed by atoms with Crippen molar-refractivity contribution >= 4 is 23.5 Å². The molecule has 0 aromatic heterocycles. The van der Waals surface area contributed by atoms with Crippen LogP contribution in [0.15, 0.2) is 24.3 Å². The Labute approximate surface area is 135 Å². The Balaban J connectivity index is 2.51. The number of carbonyl (C=O) groups is 3. The second-order valence-corrected chi connectivity index (χ2v) is 4.68. The molecule has 23 heavy (non-hydrogen) atoms. The maximum Gasteiger partial charge on any atom is 0.306 e. The lowest BCUT2D eigenvalue weighted by Crippen LogP contribution is -2.27. The SMILES string of the molecule is CCOC(=O)CCC(=O)Nc1cccc(C(=O)NCCOC)c1. The molecule has 1 aromatic rings. The van der Waals surface area contributed by atoms with Gasteiger partial charge in [-0.3, -0.25) is 14.4 Å². The van der Waals surface area contributed by atoms with Crippen LogP contribution in [0.1, 0.15) is 30.1 Å². The summed E-state index contributed by atoms with van der Waals surface area (Å²) in [6, 6.07) is 6.57. The lowest BCUT2D eigenvalue weighted by Gasteiger charge is -2.08. The Hall–Kier alpha value is -2.41. The molecule has 1 aromatic carbocycles. The molecule has 0 heterocycles. The Morgan fingerprint density at radius 1 is 1.17 bits per heavy atom. The maximum atomic E-state index is 11.9. The molecule has 0 aliphatic rings. The topological polar surface area (TPSA) is 93.7 Å². The summed E-state index contributed by atoms with van der Waals surface area (Å²) in [6.45, 7) is 2.84. The van der Waals surface area contributed by atoms with Gasteiger partial charge < -0.3 is 20.1 Å². The van der Waals surface area contributed by atoms with E-state index in [2.05, 4.69) is 10.6 Å². The van der Waals surface area contributed by atoms with Gasteiger partial charge in [0.15, 0.2) is 0 Å². The summed E-state index contributed by atoms with van der Waals surface area (Å²) in [5.74, 6) is -0.964. The normalized spacial score (nSPS) is 10.0. The summed E-state index contributed by atoms with van der Waals surface area (Å²) in [5, 5.41) is 5.35. The Bertz CT molecular complexity index is 545. The van der Waals surface area contributed by atoms with Gasteiger partial charge in [-0.05, 0) is 25.1 Å². The van der Waals surface area contributed by atoms with E-state index in [0.29, 0.717) is 31.0 Å². The zero-order valence-corrected chi connectivity index (χ0v) is 13.4. The van der Waals surface area contributed by atoms with Crippen molar-refractivity contribution < 1.29 is 23.9 Å². The first-order valence-corrected chi connectivity index (χ1v) is 7.39. The number of nitrogens with one attached hydrogen (secondary N) is 2. The van der Waals surface area contributed by atoms with Crippen LogP contribution >= 0.6 is 0 Å². The van der Waals surface area contributed by atoms with E-state index in [1.807, 2.05) is 0 Å². The Morgan fingerprint density at radius 2 is 1.96 bits per heavy atom. The summed E-state index contributed by atoms with van der Waals surface area (Å²) >= 11 is 0. The third kappa shape index (κ3) is 7.42. The molecule has 0 saturated heterocycles. The van der Waals surface area contributed by atoms with Gasteiger partial charge in [0.2, 0.25) is 5.91 Å². The Morgan fingerprint density at radius 3 is 2.65 bits per heavy atom. The minimum absolute atomic E-state index is 0.0247. The monoisotopic (exact) mass is 322 g/mol. The summed E-state index contributed by atoms with van der Waals surface area (Å²) in [7, 11) is 1.55. The van der Waals surface area contributed by atoms with E-state index >= 15 is 0 Å². The minimum atomic E-state index is -0.408. The maximum absolute atomic E-state index is 11.9. The standard InChI is InChI=1S/C16H22N2O5/c1-3-23-15(20)8-7-14(19)18-13-6-4-5-12(11-13)16(21)17-9-10-22-2/h4-6,11H,3,7-10H2,1-2H3,(H,17,21)(H,18,19). The number of hydrogen-bond acceptors (Lipinski definition) is 5. The average Bonchev–Trinajstić information content (AvgIpc) is 2.53. The molecule has 126 valence electrons. The predicted octanol–water partition coefficient (Wildman–Crippen LogP) is 1.34. The van der Waals surface area contributed by atoms with Gasteiger partial charge >= 0.3 is 5.97 Å². The largest absolute Gasteiger partial charge is 0.466 e. The van der Waals surface area contributed by atoms with Crippen LogP contribution in [0.2, 0.25) is 0 Å². The highest BCUT2D eigenvalue weighted by Gasteiger charge is 2.10. The molecule has 0 atom stereocenters. The van der Waals surface area contributed by atoms with E-state index in [4.69, 9.17) is 9.47 Å². The minimum Gasteiger partial charge on any atom is -0.466 e. The van der Waals surface area contributed by atoms with Gasteiger partial charge in [0, 0.05) is 31.3 Å². The summed E-state index contributed by atoms with van der Waals surface area (Å²) in [4.78, 5) is 34.9. The van der Waals surface area contributed by atoms with Gasteiger partial charge in [-0.25, -0.2) is 0 Å². The molecular weight excluding hydrogens is 300 g/mol. The van der Waals surface area contributed by atoms with Crippen LogP contribution in [-0.2, 0) is 19.1 Å². The Kier molecular flexibility index (Phi) is 8.38. The van der Waals surface area contributed by atoms with E-state index in [9.17, 15) is 14.4 Å². The molecule has 0 fully saturated rings. The number of amides is 2. The summed E-state index contributed by atoms with van der Waals surface area (Å²) < 4.78 is 9.62. The van der Waals surface area contributed by atoms with Crippen molar-refractivity contribution in [3.8, 4) is 0 Å². The first kappa shape index (κ1) is 18.6. The fourth-order valence-corrected chi connectivity index (χ4v) is 1.78. The molecule has 2 amide bonds. The molecule has 0 saturated carbocycles. The third-order valence-corrected chi connectivity index (χ3v) is 2.86. The lowest BCUT2D eigenvalue weighted by atomic mass is 10.2. The van der Waals surface area contributed by atoms with Gasteiger partial charge in [0.1, 0.15) is 0 Å². The number of ether oxygens (including phenoxy) is 2. The van der Waals surface area contributed by atoms with E-state index in [1.54, 1.807) is 38.3 Å². The number of rotatable bonds is 9. The highest BCUT2D eigenvalue weighted by atomic mass is 16.5. The van der Waals surface area contributed by atoms with E-state index in [0.717, 1.165) is 0 Å².